The summed E-state index contributed by atoms with van der Waals surface area (Å²) in [6, 6.07) is 20.4. The fourth-order valence-electron chi connectivity index (χ4n) is 2.84. The molecular weight excluding hydrogens is 454 g/mol. The maximum absolute atomic E-state index is 12.4. The second kappa shape index (κ2) is 11.1. The summed E-state index contributed by atoms with van der Waals surface area (Å²) in [6.07, 6.45) is 5.90. The van der Waals surface area contributed by atoms with E-state index in [1.54, 1.807) is 30.7 Å². The molecule has 0 spiro atoms. The van der Waals surface area contributed by atoms with Crippen LogP contribution in [0.4, 0.5) is 17.3 Å². The predicted octanol–water partition coefficient (Wildman–Crippen LogP) is 4.35. The highest BCUT2D eigenvalue weighted by Crippen LogP contribution is 2.24. The molecule has 0 aliphatic rings. The largest absolute Gasteiger partial charge is 0.324 e. The Balaban J connectivity index is 0.000000588. The van der Waals surface area contributed by atoms with Crippen LogP contribution in [-0.4, -0.2) is 40.1 Å². The van der Waals surface area contributed by atoms with Crippen LogP contribution in [0.25, 0.3) is 11.3 Å². The minimum atomic E-state index is -3.67. The van der Waals surface area contributed by atoms with Crippen LogP contribution in [0.1, 0.15) is 15.9 Å². The summed E-state index contributed by atoms with van der Waals surface area (Å²) in [5.41, 5.74) is 4.82. The van der Waals surface area contributed by atoms with Gasteiger partial charge in [-0.1, -0.05) is 24.3 Å². The first-order valence-electron chi connectivity index (χ1n) is 10.1. The van der Waals surface area contributed by atoms with Gasteiger partial charge >= 0.3 is 0 Å². The molecule has 0 unspecified atom stereocenters. The molecule has 0 saturated heterocycles. The van der Waals surface area contributed by atoms with Crippen molar-refractivity contribution in [2.24, 2.45) is 0 Å². The highest BCUT2D eigenvalue weighted by atomic mass is 32.2. The van der Waals surface area contributed by atoms with Gasteiger partial charge in [-0.15, -0.1) is 0 Å². The predicted molar refractivity (Wildman–Crippen MR) is 132 cm³/mol. The summed E-state index contributed by atoms with van der Waals surface area (Å²) in [7, 11) is -3.67. The number of hydrogen-bond acceptors (Lipinski definition) is 7. The number of rotatable bonds is 5. The highest BCUT2D eigenvalue weighted by Gasteiger charge is 2.09. The van der Waals surface area contributed by atoms with Crippen molar-refractivity contribution in [3.8, 4) is 11.3 Å². The Hall–Kier alpha value is -4.15. The van der Waals surface area contributed by atoms with Crippen molar-refractivity contribution in [1.29, 1.82) is 0 Å². The molecule has 10 heteroatoms. The van der Waals surface area contributed by atoms with Gasteiger partial charge in [-0.3, -0.25) is 14.3 Å². The normalized spacial score (nSPS) is 10.6. The molecule has 0 aliphatic heterocycles. The van der Waals surface area contributed by atoms with E-state index in [4.69, 9.17) is 4.55 Å². The fourth-order valence-corrected chi connectivity index (χ4v) is 2.84. The lowest BCUT2D eigenvalue weighted by atomic mass is 10.1. The number of carbonyl (C=O) groups excluding carboxylic acids is 1. The summed E-state index contributed by atoms with van der Waals surface area (Å²) in [5.74, 6) is 0.316. The van der Waals surface area contributed by atoms with Gasteiger partial charge in [0.15, 0.2) is 0 Å². The number of aryl methyl sites for hydroxylation is 1. The molecule has 34 heavy (non-hydrogen) atoms. The van der Waals surface area contributed by atoms with E-state index in [2.05, 4.69) is 25.6 Å². The minimum Gasteiger partial charge on any atom is -0.324 e. The van der Waals surface area contributed by atoms with E-state index in [9.17, 15) is 13.2 Å². The Morgan fingerprint density at radius 2 is 1.71 bits per heavy atom. The molecule has 2 heterocycles. The molecule has 0 fully saturated rings. The maximum atomic E-state index is 12.4. The van der Waals surface area contributed by atoms with Gasteiger partial charge in [0.2, 0.25) is 5.95 Å². The molecule has 0 atom stereocenters. The molecule has 4 rings (SSSR count). The quantitative estimate of drug-likeness (QED) is 0.361. The van der Waals surface area contributed by atoms with E-state index in [0.29, 0.717) is 23.5 Å². The van der Waals surface area contributed by atoms with Crippen molar-refractivity contribution >= 4 is 33.3 Å². The number of nitrogens with zero attached hydrogens (tertiary/aromatic N) is 3. The summed E-state index contributed by atoms with van der Waals surface area (Å²) in [6.45, 7) is 1.98. The number of anilines is 3. The molecule has 2 aromatic heterocycles. The Morgan fingerprint density at radius 1 is 0.971 bits per heavy atom. The number of hydrogen-bond donors (Lipinski definition) is 3. The zero-order valence-electron chi connectivity index (χ0n) is 18.5. The molecule has 0 saturated carbocycles. The van der Waals surface area contributed by atoms with Crippen molar-refractivity contribution in [2.45, 2.75) is 6.92 Å². The molecule has 174 valence electrons. The van der Waals surface area contributed by atoms with Gasteiger partial charge in [-0.25, -0.2) is 9.97 Å². The Bertz CT molecular complexity index is 1360. The third-order valence-corrected chi connectivity index (χ3v) is 4.39. The lowest BCUT2D eigenvalue weighted by molar-refractivity contribution is 0.102. The van der Waals surface area contributed by atoms with Crippen molar-refractivity contribution < 1.29 is 17.8 Å². The average molecular weight is 478 g/mol. The zero-order chi connectivity index (χ0) is 24.6. The monoisotopic (exact) mass is 477 g/mol. The second-order valence-corrected chi connectivity index (χ2v) is 8.68. The highest BCUT2D eigenvalue weighted by molar-refractivity contribution is 7.85. The van der Waals surface area contributed by atoms with Crippen LogP contribution in [0, 0.1) is 6.92 Å². The van der Waals surface area contributed by atoms with E-state index < -0.39 is 10.1 Å². The van der Waals surface area contributed by atoms with Crippen molar-refractivity contribution in [1.82, 2.24) is 15.0 Å². The zero-order valence-corrected chi connectivity index (χ0v) is 19.3. The van der Waals surface area contributed by atoms with Crippen LogP contribution in [-0.2, 0) is 10.1 Å². The van der Waals surface area contributed by atoms with Crippen LogP contribution >= 0.6 is 0 Å². The van der Waals surface area contributed by atoms with E-state index in [0.717, 1.165) is 22.5 Å². The van der Waals surface area contributed by atoms with Gasteiger partial charge in [0.1, 0.15) is 0 Å². The Labute approximate surface area is 197 Å². The first-order chi connectivity index (χ1) is 16.2. The molecule has 1 amide bonds. The number of carbonyl (C=O) groups is 1. The molecule has 0 bridgehead atoms. The standard InChI is InChI=1S/C23H19N5O.CH4O3S/c1-16-9-10-19(26-22(29)17-6-3-2-4-7-17)14-21(16)28-23-25-13-11-20(27-23)18-8-5-12-24-15-18;1-5(2,3)4/h2-15H,1H3,(H,26,29)(H,25,27,28);1H3,(H,2,3,4). The Kier molecular flexibility index (Phi) is 8.01. The Morgan fingerprint density at radius 3 is 2.38 bits per heavy atom. The number of nitrogens with one attached hydrogen (secondary N) is 2. The van der Waals surface area contributed by atoms with Gasteiger partial charge < -0.3 is 10.6 Å². The number of benzene rings is 2. The molecule has 2 aromatic carbocycles. The maximum Gasteiger partial charge on any atom is 0.261 e. The van der Waals surface area contributed by atoms with E-state index >= 15 is 0 Å². The third kappa shape index (κ3) is 7.76. The van der Waals surface area contributed by atoms with Gasteiger partial charge in [-0.05, 0) is 55.0 Å². The molecule has 4 aromatic rings. The second-order valence-electron chi connectivity index (χ2n) is 7.22. The van der Waals surface area contributed by atoms with E-state index in [1.807, 2.05) is 61.5 Å². The summed E-state index contributed by atoms with van der Waals surface area (Å²) >= 11 is 0. The van der Waals surface area contributed by atoms with Crippen LogP contribution in [0.15, 0.2) is 85.3 Å². The lowest BCUT2D eigenvalue weighted by Crippen LogP contribution is -2.12. The topological polar surface area (TPSA) is 134 Å². The van der Waals surface area contributed by atoms with Gasteiger partial charge in [-0.2, -0.15) is 8.42 Å². The summed E-state index contributed by atoms with van der Waals surface area (Å²) in [4.78, 5) is 25.4. The van der Waals surface area contributed by atoms with Gasteiger partial charge in [0, 0.05) is 41.1 Å². The van der Waals surface area contributed by atoms with Gasteiger partial charge in [0.05, 0.1) is 11.9 Å². The fraction of sp³-hybridized carbons (Fsp3) is 0.0833. The van der Waals surface area contributed by atoms with Crippen LogP contribution < -0.4 is 10.6 Å². The van der Waals surface area contributed by atoms with Crippen LogP contribution in [0.3, 0.4) is 0 Å². The molecule has 3 N–H and O–H groups in total. The summed E-state index contributed by atoms with van der Waals surface area (Å²) < 4.78 is 25.9. The molecule has 0 radical (unpaired) electrons. The average Bonchev–Trinajstić information content (AvgIpc) is 2.81. The number of amides is 1. The third-order valence-electron chi connectivity index (χ3n) is 4.39. The van der Waals surface area contributed by atoms with Crippen molar-refractivity contribution in [3.05, 3.63) is 96.4 Å². The molecule has 9 nitrogen and oxygen atoms in total. The molecule has 0 aliphatic carbocycles. The van der Waals surface area contributed by atoms with Crippen molar-refractivity contribution in [3.63, 3.8) is 0 Å². The minimum absolute atomic E-state index is 0.157. The SMILES string of the molecule is CS(=O)(=O)O.Cc1ccc(NC(=O)c2ccccc2)cc1Nc1nccc(-c2cccnc2)n1. The lowest BCUT2D eigenvalue weighted by Gasteiger charge is -2.12. The van der Waals surface area contributed by atoms with Crippen molar-refractivity contribution in [2.75, 3.05) is 16.9 Å². The number of aromatic nitrogens is 3. The van der Waals surface area contributed by atoms with Gasteiger partial charge in [0.25, 0.3) is 16.0 Å². The summed E-state index contributed by atoms with van der Waals surface area (Å²) in [5, 5.41) is 6.16. The smallest absolute Gasteiger partial charge is 0.261 e. The molecular formula is C24H23N5O4S. The van der Waals surface area contributed by atoms with E-state index in [1.165, 1.54) is 0 Å². The van der Waals surface area contributed by atoms with Crippen LogP contribution in [0.2, 0.25) is 0 Å². The van der Waals surface area contributed by atoms with E-state index in [-0.39, 0.29) is 5.91 Å². The first kappa shape index (κ1) is 24.5. The van der Waals surface area contributed by atoms with Crippen LogP contribution in [0.5, 0.6) is 0 Å². The first-order valence-corrected chi connectivity index (χ1v) is 11.9. The number of pyridine rings is 1.